The molecule has 2 rings (SSSR count). The maximum atomic E-state index is 12.8. The minimum absolute atomic E-state index is 0.0191. The summed E-state index contributed by atoms with van der Waals surface area (Å²) in [5.41, 5.74) is 2.02. The maximum Gasteiger partial charge on any atom is 0.123 e. The Balaban J connectivity index is 2.26. The van der Waals surface area contributed by atoms with Crippen molar-refractivity contribution in [1.82, 2.24) is 0 Å². The maximum absolute atomic E-state index is 12.8. The second-order valence-corrected chi connectivity index (χ2v) is 4.94. The van der Waals surface area contributed by atoms with E-state index in [0.717, 1.165) is 20.9 Å². The zero-order valence-electron chi connectivity index (χ0n) is 9.48. The van der Waals surface area contributed by atoms with E-state index < -0.39 is 0 Å². The summed E-state index contributed by atoms with van der Waals surface area (Å²) in [5, 5.41) is 9.29. The van der Waals surface area contributed by atoms with Crippen LogP contribution in [0.5, 0.6) is 0 Å². The molecule has 1 N–H and O–H groups in total. The second kappa shape index (κ2) is 5.34. The lowest BCUT2D eigenvalue weighted by Gasteiger charge is -2.08. The Morgan fingerprint density at radius 3 is 2.47 bits per heavy atom. The van der Waals surface area contributed by atoms with Crippen molar-refractivity contribution in [2.45, 2.75) is 23.3 Å². The monoisotopic (exact) mass is 248 g/mol. The molecule has 2 aromatic carbocycles. The van der Waals surface area contributed by atoms with Crippen molar-refractivity contribution in [2.24, 2.45) is 0 Å². The average molecular weight is 248 g/mol. The summed E-state index contributed by atoms with van der Waals surface area (Å²) in [7, 11) is 0. The van der Waals surface area contributed by atoms with E-state index in [-0.39, 0.29) is 12.4 Å². The van der Waals surface area contributed by atoms with Gasteiger partial charge in [0.1, 0.15) is 5.82 Å². The van der Waals surface area contributed by atoms with E-state index in [4.69, 9.17) is 0 Å². The lowest BCUT2D eigenvalue weighted by atomic mass is 10.1. The number of aliphatic hydroxyl groups excluding tert-OH is 1. The number of rotatable bonds is 3. The molecule has 2 aromatic rings. The van der Waals surface area contributed by atoms with Crippen LogP contribution in [0.2, 0.25) is 0 Å². The summed E-state index contributed by atoms with van der Waals surface area (Å²) in [6, 6.07) is 12.3. The highest BCUT2D eigenvalue weighted by Crippen LogP contribution is 2.31. The van der Waals surface area contributed by atoms with E-state index in [9.17, 15) is 9.50 Å². The molecular formula is C14H13FOS. The van der Waals surface area contributed by atoms with Gasteiger partial charge in [-0.05, 0) is 42.8 Å². The molecule has 0 radical (unpaired) electrons. The predicted octanol–water partition coefficient (Wildman–Crippen LogP) is 3.78. The summed E-state index contributed by atoms with van der Waals surface area (Å²) in [6.07, 6.45) is 0. The van der Waals surface area contributed by atoms with E-state index in [0.29, 0.717) is 0 Å². The zero-order valence-corrected chi connectivity index (χ0v) is 10.3. The Morgan fingerprint density at radius 2 is 1.82 bits per heavy atom. The highest BCUT2D eigenvalue weighted by atomic mass is 32.2. The second-order valence-electron chi connectivity index (χ2n) is 3.83. The molecule has 0 atom stereocenters. The van der Waals surface area contributed by atoms with Crippen LogP contribution in [-0.2, 0) is 6.61 Å². The van der Waals surface area contributed by atoms with Gasteiger partial charge < -0.3 is 5.11 Å². The van der Waals surface area contributed by atoms with Gasteiger partial charge in [-0.3, -0.25) is 0 Å². The number of hydrogen-bond donors (Lipinski definition) is 1. The fourth-order valence-electron chi connectivity index (χ4n) is 1.56. The Morgan fingerprint density at radius 1 is 1.12 bits per heavy atom. The standard InChI is InChI=1S/C14H13FOS/c1-10-2-7-14(11(8-10)9-16)17-13-5-3-12(15)4-6-13/h2-8,16H,9H2,1H3. The van der Waals surface area contributed by atoms with Gasteiger partial charge >= 0.3 is 0 Å². The summed E-state index contributed by atoms with van der Waals surface area (Å²) in [6.45, 7) is 2.01. The molecule has 88 valence electrons. The Kier molecular flexibility index (Phi) is 3.82. The molecule has 0 unspecified atom stereocenters. The van der Waals surface area contributed by atoms with E-state index in [1.807, 2.05) is 25.1 Å². The molecule has 1 nitrogen and oxygen atoms in total. The smallest absolute Gasteiger partial charge is 0.123 e. The highest BCUT2D eigenvalue weighted by Gasteiger charge is 2.04. The first kappa shape index (κ1) is 12.1. The molecule has 0 aliphatic rings. The van der Waals surface area contributed by atoms with Crippen molar-refractivity contribution in [1.29, 1.82) is 0 Å². The van der Waals surface area contributed by atoms with Crippen LogP contribution >= 0.6 is 11.8 Å². The summed E-state index contributed by atoms with van der Waals surface area (Å²) in [4.78, 5) is 1.97. The number of halogens is 1. The van der Waals surface area contributed by atoms with Crippen molar-refractivity contribution in [3.05, 3.63) is 59.4 Å². The third-order valence-electron chi connectivity index (χ3n) is 2.43. The lowest BCUT2D eigenvalue weighted by molar-refractivity contribution is 0.279. The van der Waals surface area contributed by atoms with Crippen molar-refractivity contribution in [2.75, 3.05) is 0 Å². The molecular weight excluding hydrogens is 235 g/mol. The average Bonchev–Trinajstić information content (AvgIpc) is 2.34. The molecule has 17 heavy (non-hydrogen) atoms. The largest absolute Gasteiger partial charge is 0.392 e. The van der Waals surface area contributed by atoms with Crippen LogP contribution in [0.3, 0.4) is 0 Å². The summed E-state index contributed by atoms with van der Waals surface area (Å²) < 4.78 is 12.8. The van der Waals surface area contributed by atoms with Gasteiger partial charge in [-0.25, -0.2) is 4.39 Å². The number of benzene rings is 2. The third kappa shape index (κ3) is 3.08. The first-order chi connectivity index (χ1) is 8.19. The van der Waals surface area contributed by atoms with Crippen LogP contribution in [0.1, 0.15) is 11.1 Å². The van der Waals surface area contributed by atoms with Crippen molar-refractivity contribution in [3.63, 3.8) is 0 Å². The van der Waals surface area contributed by atoms with Crippen molar-refractivity contribution >= 4 is 11.8 Å². The molecule has 0 aliphatic carbocycles. The van der Waals surface area contributed by atoms with Crippen LogP contribution < -0.4 is 0 Å². The minimum Gasteiger partial charge on any atom is -0.392 e. The van der Waals surface area contributed by atoms with E-state index in [1.165, 1.54) is 23.9 Å². The summed E-state index contributed by atoms with van der Waals surface area (Å²) >= 11 is 1.53. The Hall–Kier alpha value is -1.32. The zero-order chi connectivity index (χ0) is 12.3. The molecule has 0 aliphatic heterocycles. The first-order valence-electron chi connectivity index (χ1n) is 5.33. The molecule has 0 saturated carbocycles. The quantitative estimate of drug-likeness (QED) is 0.892. The van der Waals surface area contributed by atoms with Crippen LogP contribution in [0.25, 0.3) is 0 Å². The van der Waals surface area contributed by atoms with Gasteiger partial charge in [0, 0.05) is 9.79 Å². The molecule has 0 spiro atoms. The Labute approximate surface area is 104 Å². The van der Waals surface area contributed by atoms with Gasteiger partial charge in [0.15, 0.2) is 0 Å². The third-order valence-corrected chi connectivity index (χ3v) is 3.55. The van der Waals surface area contributed by atoms with Gasteiger partial charge in [-0.1, -0.05) is 29.5 Å². The van der Waals surface area contributed by atoms with Crippen LogP contribution in [0.4, 0.5) is 4.39 Å². The van der Waals surface area contributed by atoms with Crippen molar-refractivity contribution in [3.8, 4) is 0 Å². The molecule has 0 amide bonds. The fourth-order valence-corrected chi connectivity index (χ4v) is 2.48. The van der Waals surface area contributed by atoms with Crippen molar-refractivity contribution < 1.29 is 9.50 Å². The molecule has 0 bridgehead atoms. The number of hydrogen-bond acceptors (Lipinski definition) is 2. The normalized spacial score (nSPS) is 10.5. The van der Waals surface area contributed by atoms with Crippen LogP contribution in [0, 0.1) is 12.7 Å². The molecule has 0 saturated heterocycles. The van der Waals surface area contributed by atoms with Crippen LogP contribution in [-0.4, -0.2) is 5.11 Å². The minimum atomic E-state index is -0.236. The Bertz CT molecular complexity index is 508. The molecule has 0 heterocycles. The molecule has 3 heteroatoms. The highest BCUT2D eigenvalue weighted by molar-refractivity contribution is 7.99. The van der Waals surface area contributed by atoms with Crippen LogP contribution in [0.15, 0.2) is 52.3 Å². The number of aryl methyl sites for hydroxylation is 1. The molecule has 0 aromatic heterocycles. The van der Waals surface area contributed by atoms with Gasteiger partial charge in [-0.15, -0.1) is 0 Å². The van der Waals surface area contributed by atoms with Gasteiger partial charge in [0.25, 0.3) is 0 Å². The summed E-state index contributed by atoms with van der Waals surface area (Å²) in [5.74, 6) is -0.236. The SMILES string of the molecule is Cc1ccc(Sc2ccc(F)cc2)c(CO)c1. The van der Waals surface area contributed by atoms with E-state index in [2.05, 4.69) is 0 Å². The predicted molar refractivity (Wildman–Crippen MR) is 67.6 cm³/mol. The fraction of sp³-hybridized carbons (Fsp3) is 0.143. The van der Waals surface area contributed by atoms with Gasteiger partial charge in [0.05, 0.1) is 6.61 Å². The lowest BCUT2D eigenvalue weighted by Crippen LogP contribution is -1.88. The number of aliphatic hydroxyl groups is 1. The van der Waals surface area contributed by atoms with E-state index in [1.54, 1.807) is 12.1 Å². The van der Waals surface area contributed by atoms with E-state index >= 15 is 0 Å². The topological polar surface area (TPSA) is 20.2 Å². The molecule has 0 fully saturated rings. The first-order valence-corrected chi connectivity index (χ1v) is 6.14. The van der Waals surface area contributed by atoms with Gasteiger partial charge in [0.2, 0.25) is 0 Å². The van der Waals surface area contributed by atoms with Gasteiger partial charge in [-0.2, -0.15) is 0 Å².